The van der Waals surface area contributed by atoms with Crippen molar-refractivity contribution in [1.29, 1.82) is 0 Å². The Balaban J connectivity index is 2.48. The number of aromatic carboxylic acids is 2. The zero-order valence-electron chi connectivity index (χ0n) is 11.5. The summed E-state index contributed by atoms with van der Waals surface area (Å²) in [5, 5.41) is 57.0. The third-order valence-electron chi connectivity index (χ3n) is 3.25. The third kappa shape index (κ3) is 3.10. The first-order valence-corrected chi connectivity index (χ1v) is 6.27. The number of phenolic OH excluding ortho intramolecular Hbond substituents is 4. The van der Waals surface area contributed by atoms with Crippen molar-refractivity contribution >= 4 is 11.9 Å². The summed E-state index contributed by atoms with van der Waals surface area (Å²) >= 11 is 0. The highest BCUT2D eigenvalue weighted by molar-refractivity contribution is 5.90. The fraction of sp³-hybridized carbons (Fsp3) is 0.0667. The maximum Gasteiger partial charge on any atom is 0.335 e. The zero-order valence-corrected chi connectivity index (χ0v) is 11.5. The second-order valence-electron chi connectivity index (χ2n) is 4.77. The van der Waals surface area contributed by atoms with Gasteiger partial charge in [0, 0.05) is 17.5 Å². The third-order valence-corrected chi connectivity index (χ3v) is 3.25. The molecule has 0 amide bonds. The molecule has 8 heteroatoms. The number of carboxylic acids is 2. The molecule has 0 radical (unpaired) electrons. The predicted molar refractivity (Wildman–Crippen MR) is 76.3 cm³/mol. The SMILES string of the molecule is O=C(O)c1cc(O)c(Cc2c(O)cc(C(=O)O)cc2O)c(O)c1. The lowest BCUT2D eigenvalue weighted by molar-refractivity contribution is 0.0685. The summed E-state index contributed by atoms with van der Waals surface area (Å²) in [5.41, 5.74) is -0.913. The van der Waals surface area contributed by atoms with Gasteiger partial charge >= 0.3 is 11.9 Å². The largest absolute Gasteiger partial charge is 0.507 e. The number of rotatable bonds is 4. The van der Waals surface area contributed by atoms with Crippen LogP contribution in [0.3, 0.4) is 0 Å². The number of carbonyl (C=O) groups is 2. The van der Waals surface area contributed by atoms with Crippen LogP contribution in [0.4, 0.5) is 0 Å². The molecule has 0 heterocycles. The van der Waals surface area contributed by atoms with Crippen LogP contribution in [0, 0.1) is 0 Å². The van der Waals surface area contributed by atoms with Gasteiger partial charge < -0.3 is 30.6 Å². The molecule has 0 spiro atoms. The fourth-order valence-electron chi connectivity index (χ4n) is 2.07. The van der Waals surface area contributed by atoms with Crippen LogP contribution in [0.5, 0.6) is 23.0 Å². The van der Waals surface area contributed by atoms with Crippen molar-refractivity contribution in [2.24, 2.45) is 0 Å². The Morgan fingerprint density at radius 3 is 1.13 bits per heavy atom. The monoisotopic (exact) mass is 320 g/mol. The van der Waals surface area contributed by atoms with Crippen LogP contribution in [0.1, 0.15) is 31.8 Å². The highest BCUT2D eigenvalue weighted by Crippen LogP contribution is 2.37. The minimum absolute atomic E-state index is 0.122. The van der Waals surface area contributed by atoms with Crippen LogP contribution in [0.2, 0.25) is 0 Å². The van der Waals surface area contributed by atoms with Crippen LogP contribution in [0.25, 0.3) is 0 Å². The highest BCUT2D eigenvalue weighted by atomic mass is 16.4. The predicted octanol–water partition coefficient (Wildman–Crippen LogP) is 1.50. The molecule has 8 nitrogen and oxygen atoms in total. The number of aromatic hydroxyl groups is 4. The van der Waals surface area contributed by atoms with E-state index in [1.165, 1.54) is 0 Å². The van der Waals surface area contributed by atoms with E-state index in [4.69, 9.17) is 10.2 Å². The lowest BCUT2D eigenvalue weighted by atomic mass is 9.98. The maximum atomic E-state index is 10.8. The molecular formula is C15H12O8. The number of carboxylic acid groups (broad SMARTS) is 2. The Morgan fingerprint density at radius 2 is 0.913 bits per heavy atom. The van der Waals surface area contributed by atoms with Crippen molar-refractivity contribution in [1.82, 2.24) is 0 Å². The van der Waals surface area contributed by atoms with Gasteiger partial charge in [-0.1, -0.05) is 0 Å². The molecule has 6 N–H and O–H groups in total. The molecular weight excluding hydrogens is 308 g/mol. The van der Waals surface area contributed by atoms with Gasteiger partial charge in [-0.2, -0.15) is 0 Å². The summed E-state index contributed by atoms with van der Waals surface area (Å²) < 4.78 is 0. The molecule has 2 rings (SSSR count). The first-order valence-electron chi connectivity index (χ1n) is 6.27. The number of phenols is 4. The fourth-order valence-corrected chi connectivity index (χ4v) is 2.07. The van der Waals surface area contributed by atoms with E-state index in [-0.39, 0.29) is 28.7 Å². The first kappa shape index (κ1) is 16.0. The molecule has 2 aromatic carbocycles. The molecule has 0 aliphatic carbocycles. The van der Waals surface area contributed by atoms with Crippen molar-refractivity contribution in [2.45, 2.75) is 6.42 Å². The van der Waals surface area contributed by atoms with Crippen LogP contribution in [0.15, 0.2) is 24.3 Å². The van der Waals surface area contributed by atoms with Crippen molar-refractivity contribution in [3.8, 4) is 23.0 Å². The van der Waals surface area contributed by atoms with E-state index in [0.717, 1.165) is 24.3 Å². The normalized spacial score (nSPS) is 10.4. The number of benzene rings is 2. The lowest BCUT2D eigenvalue weighted by Gasteiger charge is -2.12. The van der Waals surface area contributed by atoms with Crippen LogP contribution in [-0.4, -0.2) is 42.6 Å². The minimum Gasteiger partial charge on any atom is -0.507 e. The van der Waals surface area contributed by atoms with Gasteiger partial charge in [0.1, 0.15) is 23.0 Å². The molecule has 0 fully saturated rings. The number of hydrogen-bond acceptors (Lipinski definition) is 6. The lowest BCUT2D eigenvalue weighted by Crippen LogP contribution is -2.00. The van der Waals surface area contributed by atoms with Gasteiger partial charge in [0.2, 0.25) is 0 Å². The second-order valence-corrected chi connectivity index (χ2v) is 4.77. The number of hydrogen-bond donors (Lipinski definition) is 6. The molecule has 0 unspecified atom stereocenters. The van der Waals surface area contributed by atoms with Gasteiger partial charge in [-0.05, 0) is 24.3 Å². The molecule has 0 bridgehead atoms. The summed E-state index contributed by atoms with van der Waals surface area (Å²) in [5.74, 6) is -4.85. The van der Waals surface area contributed by atoms with E-state index in [0.29, 0.717) is 0 Å². The molecule has 0 saturated heterocycles. The van der Waals surface area contributed by atoms with Crippen LogP contribution in [-0.2, 0) is 6.42 Å². The van der Waals surface area contributed by atoms with Crippen molar-refractivity contribution in [2.75, 3.05) is 0 Å². The molecule has 23 heavy (non-hydrogen) atoms. The van der Waals surface area contributed by atoms with Crippen molar-refractivity contribution < 1.29 is 40.2 Å². The van der Waals surface area contributed by atoms with Crippen LogP contribution < -0.4 is 0 Å². The smallest absolute Gasteiger partial charge is 0.335 e. The van der Waals surface area contributed by atoms with E-state index in [9.17, 15) is 30.0 Å². The average Bonchev–Trinajstić information content (AvgIpc) is 2.44. The maximum absolute atomic E-state index is 10.8. The van der Waals surface area contributed by atoms with E-state index >= 15 is 0 Å². The molecule has 120 valence electrons. The molecule has 0 aromatic heterocycles. The quantitative estimate of drug-likeness (QED) is 0.495. The molecule has 0 aliphatic heterocycles. The van der Waals surface area contributed by atoms with Gasteiger partial charge in [-0.3, -0.25) is 0 Å². The zero-order chi connectivity index (χ0) is 17.3. The van der Waals surface area contributed by atoms with Crippen molar-refractivity contribution in [3.63, 3.8) is 0 Å². The standard InChI is InChI=1S/C15H12O8/c16-10-1-6(14(20)21)2-11(17)8(10)5-9-12(18)3-7(15(22)23)4-13(9)19/h1-4,16-19H,5H2,(H,20,21)(H,22,23). The molecule has 2 aromatic rings. The van der Waals surface area contributed by atoms with E-state index in [1.807, 2.05) is 0 Å². The Labute approximate surface area is 129 Å². The topological polar surface area (TPSA) is 156 Å². The van der Waals surface area contributed by atoms with E-state index < -0.39 is 34.9 Å². The van der Waals surface area contributed by atoms with E-state index in [1.54, 1.807) is 0 Å². The summed E-state index contributed by atoms with van der Waals surface area (Å²) in [6.45, 7) is 0. The summed E-state index contributed by atoms with van der Waals surface area (Å²) in [4.78, 5) is 21.7. The summed E-state index contributed by atoms with van der Waals surface area (Å²) in [6, 6.07) is 3.66. The van der Waals surface area contributed by atoms with Gasteiger partial charge in [0.05, 0.1) is 11.1 Å². The first-order chi connectivity index (χ1) is 10.7. The second kappa shape index (κ2) is 5.76. The Morgan fingerprint density at radius 1 is 0.652 bits per heavy atom. The van der Waals surface area contributed by atoms with Gasteiger partial charge in [0.15, 0.2) is 0 Å². The Kier molecular flexibility index (Phi) is 4.00. The van der Waals surface area contributed by atoms with Crippen LogP contribution >= 0.6 is 0 Å². The average molecular weight is 320 g/mol. The Bertz CT molecular complexity index is 696. The van der Waals surface area contributed by atoms with E-state index in [2.05, 4.69) is 0 Å². The van der Waals surface area contributed by atoms with Crippen molar-refractivity contribution in [3.05, 3.63) is 46.5 Å². The van der Waals surface area contributed by atoms with Gasteiger partial charge in [0.25, 0.3) is 0 Å². The van der Waals surface area contributed by atoms with Gasteiger partial charge in [-0.25, -0.2) is 9.59 Å². The van der Waals surface area contributed by atoms with Gasteiger partial charge in [-0.15, -0.1) is 0 Å². The highest BCUT2D eigenvalue weighted by Gasteiger charge is 2.19. The molecule has 0 saturated carbocycles. The minimum atomic E-state index is -1.35. The summed E-state index contributed by atoms with van der Waals surface area (Å²) in [7, 11) is 0. The molecule has 0 aliphatic rings. The Hall–Kier alpha value is -3.42. The molecule has 0 atom stereocenters. The summed E-state index contributed by atoms with van der Waals surface area (Å²) in [6.07, 6.45) is -0.338.